The second-order valence-electron chi connectivity index (χ2n) is 3.19. The van der Waals surface area contributed by atoms with E-state index < -0.39 is 11.6 Å². The van der Waals surface area contributed by atoms with Crippen LogP contribution in [0.3, 0.4) is 0 Å². The summed E-state index contributed by atoms with van der Waals surface area (Å²) in [6.07, 6.45) is 0.601. The van der Waals surface area contributed by atoms with Crippen molar-refractivity contribution in [1.29, 1.82) is 0 Å². The molecule has 0 atom stereocenters. The minimum atomic E-state index is -0.934. The Hall–Kier alpha value is -2.10. The Balaban J connectivity index is 2.49. The van der Waals surface area contributed by atoms with Gasteiger partial charge in [0.1, 0.15) is 5.69 Å². The smallest absolute Gasteiger partial charge is 0.168 e. The summed E-state index contributed by atoms with van der Waals surface area (Å²) in [4.78, 5) is 14.5. The molecule has 16 heavy (non-hydrogen) atoms. The van der Waals surface area contributed by atoms with Gasteiger partial charge >= 0.3 is 0 Å². The Morgan fingerprint density at radius 2 is 1.88 bits per heavy atom. The monoisotopic (exact) mass is 219 g/mol. The van der Waals surface area contributed by atoms with Crippen molar-refractivity contribution in [2.45, 2.75) is 0 Å². The van der Waals surface area contributed by atoms with Gasteiger partial charge in [0, 0.05) is 5.56 Å². The first-order valence-corrected chi connectivity index (χ1v) is 4.58. The van der Waals surface area contributed by atoms with Crippen LogP contribution in [0.15, 0.2) is 36.4 Å². The molecule has 0 unspecified atom stereocenters. The first-order valence-electron chi connectivity index (χ1n) is 4.58. The van der Waals surface area contributed by atoms with E-state index in [1.165, 1.54) is 12.1 Å². The highest BCUT2D eigenvalue weighted by Gasteiger charge is 2.05. The van der Waals surface area contributed by atoms with E-state index in [1.54, 1.807) is 12.1 Å². The minimum absolute atomic E-state index is 0.252. The Morgan fingerprint density at radius 3 is 2.56 bits per heavy atom. The Bertz CT molecular complexity index is 540. The lowest BCUT2D eigenvalue weighted by molar-refractivity contribution is 0.111. The van der Waals surface area contributed by atoms with Crippen LogP contribution in [0.1, 0.15) is 10.5 Å². The quantitative estimate of drug-likeness (QED) is 0.727. The highest BCUT2D eigenvalue weighted by Crippen LogP contribution is 2.19. The van der Waals surface area contributed by atoms with E-state index in [0.29, 0.717) is 17.5 Å². The molecule has 2 aromatic rings. The van der Waals surface area contributed by atoms with E-state index in [1.807, 2.05) is 0 Å². The molecule has 0 aliphatic carbocycles. The van der Waals surface area contributed by atoms with Crippen LogP contribution in [0.5, 0.6) is 0 Å². The molecule has 0 fully saturated rings. The third-order valence-corrected chi connectivity index (χ3v) is 2.11. The second-order valence-corrected chi connectivity index (χ2v) is 3.19. The van der Waals surface area contributed by atoms with Gasteiger partial charge in [-0.3, -0.25) is 4.79 Å². The van der Waals surface area contributed by atoms with Crippen LogP contribution in [0, 0.1) is 11.6 Å². The molecule has 4 heteroatoms. The molecule has 1 aromatic heterocycles. The summed E-state index contributed by atoms with van der Waals surface area (Å²) in [6.45, 7) is 0. The third kappa shape index (κ3) is 1.95. The Labute approximate surface area is 90.6 Å². The first-order chi connectivity index (χ1) is 7.70. The van der Waals surface area contributed by atoms with Crippen LogP contribution >= 0.6 is 0 Å². The van der Waals surface area contributed by atoms with Crippen molar-refractivity contribution in [1.82, 2.24) is 4.98 Å². The topological polar surface area (TPSA) is 30.0 Å². The van der Waals surface area contributed by atoms with Crippen LogP contribution in [0.2, 0.25) is 0 Å². The fourth-order valence-electron chi connectivity index (χ4n) is 1.33. The van der Waals surface area contributed by atoms with Gasteiger partial charge in [-0.25, -0.2) is 13.8 Å². The van der Waals surface area contributed by atoms with Crippen LogP contribution in [-0.4, -0.2) is 11.3 Å². The van der Waals surface area contributed by atoms with Gasteiger partial charge in [0.25, 0.3) is 0 Å². The van der Waals surface area contributed by atoms with Gasteiger partial charge in [-0.1, -0.05) is 6.07 Å². The Kier molecular flexibility index (Phi) is 2.72. The molecule has 0 saturated heterocycles. The predicted octanol–water partition coefficient (Wildman–Crippen LogP) is 2.84. The van der Waals surface area contributed by atoms with Crippen molar-refractivity contribution in [3.63, 3.8) is 0 Å². The molecule has 1 aromatic carbocycles. The van der Waals surface area contributed by atoms with E-state index in [9.17, 15) is 13.6 Å². The molecule has 1 heterocycles. The van der Waals surface area contributed by atoms with E-state index in [-0.39, 0.29) is 5.69 Å². The molecule has 0 aliphatic rings. The van der Waals surface area contributed by atoms with Crippen molar-refractivity contribution < 1.29 is 13.6 Å². The Morgan fingerprint density at radius 1 is 1.06 bits per heavy atom. The van der Waals surface area contributed by atoms with Gasteiger partial charge in [-0.15, -0.1) is 0 Å². The zero-order chi connectivity index (χ0) is 11.5. The molecule has 0 aliphatic heterocycles. The maximum absolute atomic E-state index is 13.0. The fraction of sp³-hybridized carbons (Fsp3) is 0. The molecule has 0 spiro atoms. The fourth-order valence-corrected chi connectivity index (χ4v) is 1.33. The number of aldehydes is 1. The molecule has 0 bridgehead atoms. The van der Waals surface area contributed by atoms with Crippen molar-refractivity contribution in [2.75, 3.05) is 0 Å². The van der Waals surface area contributed by atoms with Crippen molar-refractivity contribution in [3.05, 3.63) is 53.7 Å². The summed E-state index contributed by atoms with van der Waals surface area (Å²) in [5.74, 6) is -1.84. The molecule has 2 rings (SSSR count). The van der Waals surface area contributed by atoms with Gasteiger partial charge in [0.2, 0.25) is 0 Å². The molecule has 2 nitrogen and oxygen atoms in total. The van der Waals surface area contributed by atoms with Crippen LogP contribution in [-0.2, 0) is 0 Å². The van der Waals surface area contributed by atoms with Gasteiger partial charge in [0.15, 0.2) is 17.9 Å². The van der Waals surface area contributed by atoms with Crippen LogP contribution < -0.4 is 0 Å². The molecule has 80 valence electrons. The number of aromatic nitrogens is 1. The highest BCUT2D eigenvalue weighted by atomic mass is 19.2. The van der Waals surface area contributed by atoms with Gasteiger partial charge in [-0.2, -0.15) is 0 Å². The average Bonchev–Trinajstić information content (AvgIpc) is 2.33. The zero-order valence-electron chi connectivity index (χ0n) is 8.15. The van der Waals surface area contributed by atoms with E-state index in [4.69, 9.17) is 0 Å². The number of halogens is 2. The average molecular weight is 219 g/mol. The number of carbonyl (C=O) groups is 1. The maximum atomic E-state index is 13.0. The third-order valence-electron chi connectivity index (χ3n) is 2.11. The summed E-state index contributed by atoms with van der Waals surface area (Å²) >= 11 is 0. The maximum Gasteiger partial charge on any atom is 0.168 e. The van der Waals surface area contributed by atoms with E-state index in [2.05, 4.69) is 4.98 Å². The number of nitrogens with zero attached hydrogens (tertiary/aromatic N) is 1. The summed E-state index contributed by atoms with van der Waals surface area (Å²) in [6, 6.07) is 8.28. The standard InChI is InChI=1S/C12H7F2NO/c13-10-5-4-8(6-11(10)14)12-3-1-2-9(7-16)15-12/h1-7H. The lowest BCUT2D eigenvalue weighted by Gasteiger charge is -2.01. The van der Waals surface area contributed by atoms with Crippen molar-refractivity contribution in [2.24, 2.45) is 0 Å². The van der Waals surface area contributed by atoms with Crippen molar-refractivity contribution >= 4 is 6.29 Å². The number of carbonyl (C=O) groups excluding carboxylic acids is 1. The first kappa shape index (κ1) is 10.4. The normalized spacial score (nSPS) is 10.1. The number of benzene rings is 1. The summed E-state index contributed by atoms with van der Waals surface area (Å²) in [5.41, 5.74) is 1.12. The molecular formula is C12H7F2NO. The number of rotatable bonds is 2. The van der Waals surface area contributed by atoms with Crippen LogP contribution in [0.25, 0.3) is 11.3 Å². The lowest BCUT2D eigenvalue weighted by Crippen LogP contribution is -1.91. The predicted molar refractivity (Wildman–Crippen MR) is 55.0 cm³/mol. The second kappa shape index (κ2) is 4.18. The summed E-state index contributed by atoms with van der Waals surface area (Å²) < 4.78 is 25.7. The SMILES string of the molecule is O=Cc1cccc(-c2ccc(F)c(F)c2)n1. The van der Waals surface area contributed by atoms with Gasteiger partial charge in [-0.05, 0) is 30.3 Å². The summed E-state index contributed by atoms with van der Waals surface area (Å²) in [5, 5.41) is 0. The van der Waals surface area contributed by atoms with E-state index >= 15 is 0 Å². The number of pyridine rings is 1. The molecular weight excluding hydrogens is 212 g/mol. The highest BCUT2D eigenvalue weighted by molar-refractivity contribution is 5.73. The van der Waals surface area contributed by atoms with Crippen molar-refractivity contribution in [3.8, 4) is 11.3 Å². The zero-order valence-corrected chi connectivity index (χ0v) is 8.15. The van der Waals surface area contributed by atoms with E-state index in [0.717, 1.165) is 12.1 Å². The molecule has 0 radical (unpaired) electrons. The molecule has 0 N–H and O–H groups in total. The minimum Gasteiger partial charge on any atom is -0.296 e. The largest absolute Gasteiger partial charge is 0.296 e. The number of hydrogen-bond acceptors (Lipinski definition) is 2. The van der Waals surface area contributed by atoms with Crippen LogP contribution in [0.4, 0.5) is 8.78 Å². The number of hydrogen-bond donors (Lipinski definition) is 0. The molecule has 0 saturated carbocycles. The van der Waals surface area contributed by atoms with Gasteiger partial charge < -0.3 is 0 Å². The molecule has 0 amide bonds. The summed E-state index contributed by atoms with van der Waals surface area (Å²) in [7, 11) is 0. The van der Waals surface area contributed by atoms with Gasteiger partial charge in [0.05, 0.1) is 5.69 Å². The lowest BCUT2D eigenvalue weighted by atomic mass is 10.1.